The maximum Gasteiger partial charge on any atom is 0.219 e. The fourth-order valence-electron chi connectivity index (χ4n) is 5.96. The topological polar surface area (TPSA) is 114 Å². The van der Waals surface area contributed by atoms with Crippen LogP contribution in [-0.2, 0) is 17.9 Å². The Bertz CT molecular complexity index is 1920. The number of primary amides is 1. The highest BCUT2D eigenvalue weighted by atomic mass is 16.5. The third-order valence-corrected chi connectivity index (χ3v) is 8.37. The minimum atomic E-state index is -0.365. The lowest BCUT2D eigenvalue weighted by atomic mass is 10.0. The standard InChI is InChI=1S/C36H39N7O2/c1-4-42(5-2)29-13-10-26(11-14-29)36-40-33-19-27(12-16-34(33)43(36)23-25-7-6-8-30(18-25)45-3)32(20-35(37)44)38-21-24-9-15-31-28(17-24)22-39-41-31/h6-19,22,32,38H,4-5,20-21,23H2,1-3H3,(H2,37,44)(H,39,41). The van der Waals surface area contributed by atoms with Crippen LogP contribution in [0.2, 0.25) is 0 Å². The number of ether oxygens (including phenoxy) is 1. The number of anilines is 1. The van der Waals surface area contributed by atoms with E-state index in [2.05, 4.69) is 106 Å². The lowest BCUT2D eigenvalue weighted by Gasteiger charge is -2.21. The average Bonchev–Trinajstić information content (AvgIpc) is 3.68. The number of nitrogens with two attached hydrogens (primary N) is 1. The van der Waals surface area contributed by atoms with Crippen molar-refractivity contribution in [2.45, 2.75) is 39.4 Å². The maximum atomic E-state index is 12.2. The summed E-state index contributed by atoms with van der Waals surface area (Å²) >= 11 is 0. The quantitative estimate of drug-likeness (QED) is 0.146. The molecule has 0 bridgehead atoms. The largest absolute Gasteiger partial charge is 0.497 e. The molecular weight excluding hydrogens is 562 g/mol. The molecule has 0 fully saturated rings. The number of imidazole rings is 1. The number of methoxy groups -OCH3 is 1. The van der Waals surface area contributed by atoms with Crippen molar-refractivity contribution in [1.82, 2.24) is 25.1 Å². The smallest absolute Gasteiger partial charge is 0.219 e. The van der Waals surface area contributed by atoms with E-state index in [9.17, 15) is 4.79 Å². The third-order valence-electron chi connectivity index (χ3n) is 8.37. The van der Waals surface area contributed by atoms with Gasteiger partial charge in [0.2, 0.25) is 5.91 Å². The fraction of sp³-hybridized carbons (Fsp3) is 0.250. The molecule has 6 rings (SSSR count). The van der Waals surface area contributed by atoms with Crippen molar-refractivity contribution in [2.75, 3.05) is 25.1 Å². The van der Waals surface area contributed by atoms with Gasteiger partial charge in [-0.25, -0.2) is 4.98 Å². The van der Waals surface area contributed by atoms with Crippen LogP contribution < -0.4 is 20.7 Å². The molecule has 4 N–H and O–H groups in total. The van der Waals surface area contributed by atoms with Crippen LogP contribution in [0.4, 0.5) is 5.69 Å². The molecular formula is C36H39N7O2. The number of nitrogens with zero attached hydrogens (tertiary/aromatic N) is 4. The molecule has 2 heterocycles. The SMILES string of the molecule is CCN(CC)c1ccc(-c2nc3cc(C(CC(N)=O)NCc4ccc5[nH]ncc5c4)ccc3n2Cc2cccc(OC)c2)cc1. The van der Waals surface area contributed by atoms with Gasteiger partial charge >= 0.3 is 0 Å². The Kier molecular flexibility index (Phi) is 8.79. The molecule has 0 saturated carbocycles. The summed E-state index contributed by atoms with van der Waals surface area (Å²) in [4.78, 5) is 19.6. The number of amides is 1. The highest BCUT2D eigenvalue weighted by Crippen LogP contribution is 2.31. The first-order valence-corrected chi connectivity index (χ1v) is 15.4. The second-order valence-electron chi connectivity index (χ2n) is 11.2. The Morgan fingerprint density at radius 1 is 1.00 bits per heavy atom. The Morgan fingerprint density at radius 3 is 2.58 bits per heavy atom. The van der Waals surface area contributed by atoms with E-state index in [0.29, 0.717) is 13.1 Å². The number of aromatic amines is 1. The van der Waals surface area contributed by atoms with Crippen LogP contribution in [0.25, 0.3) is 33.3 Å². The molecule has 1 unspecified atom stereocenters. The molecule has 0 spiro atoms. The van der Waals surface area contributed by atoms with E-state index >= 15 is 0 Å². The molecule has 0 aliphatic rings. The van der Waals surface area contributed by atoms with Crippen LogP contribution in [0.3, 0.4) is 0 Å². The molecule has 0 saturated heterocycles. The number of nitrogens with one attached hydrogen (secondary N) is 2. The van der Waals surface area contributed by atoms with Gasteiger partial charge in [-0.15, -0.1) is 0 Å². The van der Waals surface area contributed by atoms with Crippen molar-refractivity contribution in [3.05, 3.63) is 108 Å². The number of benzene rings is 4. The highest BCUT2D eigenvalue weighted by molar-refractivity contribution is 5.83. The molecule has 9 heteroatoms. The first kappa shape index (κ1) is 29.9. The molecule has 0 radical (unpaired) electrons. The first-order chi connectivity index (χ1) is 21.9. The number of fused-ring (bicyclic) bond motifs is 2. The number of rotatable bonds is 13. The van der Waals surface area contributed by atoms with Gasteiger partial charge in [0.15, 0.2) is 0 Å². The zero-order chi connectivity index (χ0) is 31.3. The van der Waals surface area contributed by atoms with Gasteiger partial charge in [0, 0.05) is 55.3 Å². The molecule has 1 amide bonds. The summed E-state index contributed by atoms with van der Waals surface area (Å²) in [5, 5.41) is 11.7. The first-order valence-electron chi connectivity index (χ1n) is 15.4. The maximum absolute atomic E-state index is 12.2. The Morgan fingerprint density at radius 2 is 1.82 bits per heavy atom. The van der Waals surface area contributed by atoms with Crippen LogP contribution in [0, 0.1) is 0 Å². The van der Waals surface area contributed by atoms with E-state index in [0.717, 1.165) is 68.9 Å². The molecule has 6 aromatic rings. The molecule has 1 atom stereocenters. The number of hydrogen-bond acceptors (Lipinski definition) is 6. The Balaban J connectivity index is 1.37. The van der Waals surface area contributed by atoms with E-state index in [1.54, 1.807) is 7.11 Å². The van der Waals surface area contributed by atoms with Crippen molar-refractivity contribution in [3.8, 4) is 17.1 Å². The van der Waals surface area contributed by atoms with Crippen molar-refractivity contribution >= 4 is 33.5 Å². The summed E-state index contributed by atoms with van der Waals surface area (Å²) in [6, 6.07) is 28.9. The van der Waals surface area contributed by atoms with Gasteiger partial charge in [-0.2, -0.15) is 5.10 Å². The molecule has 0 aliphatic heterocycles. The number of aromatic nitrogens is 4. The van der Waals surface area contributed by atoms with Crippen LogP contribution in [0.5, 0.6) is 5.75 Å². The summed E-state index contributed by atoms with van der Waals surface area (Å²) in [6.45, 7) is 7.43. The summed E-state index contributed by atoms with van der Waals surface area (Å²) in [5.41, 5.74) is 14.0. The lowest BCUT2D eigenvalue weighted by molar-refractivity contribution is -0.118. The Labute approximate surface area is 263 Å². The van der Waals surface area contributed by atoms with Gasteiger partial charge in [0.25, 0.3) is 0 Å². The normalized spacial score (nSPS) is 12.1. The van der Waals surface area contributed by atoms with E-state index < -0.39 is 0 Å². The number of carbonyl (C=O) groups excluding carboxylic acids is 1. The van der Waals surface area contributed by atoms with Crippen molar-refractivity contribution < 1.29 is 9.53 Å². The number of carbonyl (C=O) groups is 1. The highest BCUT2D eigenvalue weighted by Gasteiger charge is 2.19. The van der Waals surface area contributed by atoms with Crippen molar-refractivity contribution in [3.63, 3.8) is 0 Å². The molecule has 2 aromatic heterocycles. The average molecular weight is 602 g/mol. The predicted molar refractivity (Wildman–Crippen MR) is 180 cm³/mol. The van der Waals surface area contributed by atoms with Gasteiger partial charge in [-0.1, -0.05) is 24.3 Å². The zero-order valence-electron chi connectivity index (χ0n) is 26.0. The lowest BCUT2D eigenvalue weighted by Crippen LogP contribution is -2.26. The van der Waals surface area contributed by atoms with Gasteiger partial charge in [-0.3, -0.25) is 9.89 Å². The van der Waals surface area contributed by atoms with Crippen molar-refractivity contribution in [1.29, 1.82) is 0 Å². The summed E-state index contributed by atoms with van der Waals surface area (Å²) in [7, 11) is 1.68. The monoisotopic (exact) mass is 601 g/mol. The summed E-state index contributed by atoms with van der Waals surface area (Å²) in [6.07, 6.45) is 1.98. The predicted octanol–water partition coefficient (Wildman–Crippen LogP) is 6.19. The number of hydrogen-bond donors (Lipinski definition) is 3. The second-order valence-corrected chi connectivity index (χ2v) is 11.2. The van der Waals surface area contributed by atoms with E-state index in [4.69, 9.17) is 15.5 Å². The van der Waals surface area contributed by atoms with Gasteiger partial charge in [0.1, 0.15) is 11.6 Å². The zero-order valence-corrected chi connectivity index (χ0v) is 26.0. The van der Waals surface area contributed by atoms with Gasteiger partial charge in [0.05, 0.1) is 29.9 Å². The van der Waals surface area contributed by atoms with Crippen LogP contribution in [-0.4, -0.2) is 45.9 Å². The molecule has 0 aliphatic carbocycles. The van der Waals surface area contributed by atoms with Crippen LogP contribution in [0.1, 0.15) is 43.0 Å². The molecule has 45 heavy (non-hydrogen) atoms. The molecule has 4 aromatic carbocycles. The minimum Gasteiger partial charge on any atom is -0.497 e. The summed E-state index contributed by atoms with van der Waals surface area (Å²) < 4.78 is 7.75. The molecule has 230 valence electrons. The van der Waals surface area contributed by atoms with Crippen molar-refractivity contribution in [2.24, 2.45) is 5.73 Å². The molecule has 9 nitrogen and oxygen atoms in total. The van der Waals surface area contributed by atoms with Crippen LogP contribution in [0.15, 0.2) is 91.1 Å². The van der Waals surface area contributed by atoms with E-state index in [1.807, 2.05) is 24.4 Å². The fourth-order valence-corrected chi connectivity index (χ4v) is 5.96. The van der Waals surface area contributed by atoms with Crippen LogP contribution >= 0.6 is 0 Å². The summed E-state index contributed by atoms with van der Waals surface area (Å²) in [5.74, 6) is 1.33. The van der Waals surface area contributed by atoms with E-state index in [1.165, 1.54) is 5.69 Å². The number of H-pyrrole nitrogens is 1. The van der Waals surface area contributed by atoms with E-state index in [-0.39, 0.29) is 18.4 Å². The van der Waals surface area contributed by atoms with Gasteiger partial charge < -0.3 is 25.3 Å². The Hall–Kier alpha value is -5.15. The third kappa shape index (κ3) is 6.53. The van der Waals surface area contributed by atoms with Gasteiger partial charge in [-0.05, 0) is 91.2 Å². The minimum absolute atomic E-state index is 0.170. The second kappa shape index (κ2) is 13.2.